The summed E-state index contributed by atoms with van der Waals surface area (Å²) in [6.45, 7) is 7.83. The molecule has 31 heavy (non-hydrogen) atoms. The van der Waals surface area contributed by atoms with Crippen molar-refractivity contribution in [2.45, 2.75) is 32.6 Å². The standard InChI is InChI=1S/C25H30N4OS/c1-19(30)29-12-5-4-6-21-18-20(9-10-23(21)29)11-13-27-14-16-28(17-15-27)25-22-7-2-3-8-24(22)31-26-25/h2-3,7-10,18H,4-6,11-17H2,1H3. The number of anilines is 2. The molecule has 0 radical (unpaired) electrons. The van der Waals surface area contributed by atoms with Gasteiger partial charge in [0.1, 0.15) is 5.82 Å². The van der Waals surface area contributed by atoms with Crippen LogP contribution in [0.1, 0.15) is 30.9 Å². The predicted molar refractivity (Wildman–Crippen MR) is 129 cm³/mol. The molecule has 2 aliphatic rings. The van der Waals surface area contributed by atoms with Crippen molar-refractivity contribution < 1.29 is 4.79 Å². The molecule has 162 valence electrons. The molecule has 1 fully saturated rings. The van der Waals surface area contributed by atoms with Gasteiger partial charge < -0.3 is 9.80 Å². The summed E-state index contributed by atoms with van der Waals surface area (Å²) in [6, 6.07) is 15.3. The Morgan fingerprint density at radius 2 is 1.87 bits per heavy atom. The third-order valence-corrected chi connectivity index (χ3v) is 7.46. The van der Waals surface area contributed by atoms with Crippen LogP contribution in [-0.4, -0.2) is 54.4 Å². The number of rotatable bonds is 4. The van der Waals surface area contributed by atoms with E-state index in [-0.39, 0.29) is 5.91 Å². The van der Waals surface area contributed by atoms with Crippen LogP contribution in [0.4, 0.5) is 11.5 Å². The Balaban J connectivity index is 1.19. The molecular formula is C25H30N4OS. The highest BCUT2D eigenvalue weighted by Gasteiger charge is 2.21. The Morgan fingerprint density at radius 3 is 2.71 bits per heavy atom. The molecule has 0 saturated carbocycles. The number of piperazine rings is 1. The Kier molecular flexibility index (Phi) is 5.92. The molecule has 0 spiro atoms. The molecule has 6 heteroatoms. The monoisotopic (exact) mass is 434 g/mol. The minimum atomic E-state index is 0.154. The van der Waals surface area contributed by atoms with E-state index in [4.69, 9.17) is 4.37 Å². The molecule has 5 rings (SSSR count). The number of aryl methyl sites for hydroxylation is 1. The van der Waals surface area contributed by atoms with Crippen LogP contribution >= 0.6 is 11.5 Å². The molecule has 0 bridgehead atoms. The molecule has 3 aromatic rings. The average Bonchev–Trinajstić information content (AvgIpc) is 3.10. The first kappa shape index (κ1) is 20.5. The number of carbonyl (C=O) groups is 1. The lowest BCUT2D eigenvalue weighted by Gasteiger charge is -2.35. The summed E-state index contributed by atoms with van der Waals surface area (Å²) < 4.78 is 6.00. The number of aromatic nitrogens is 1. The largest absolute Gasteiger partial charge is 0.353 e. The number of hydrogen-bond donors (Lipinski definition) is 0. The molecule has 0 aliphatic carbocycles. The van der Waals surface area contributed by atoms with Gasteiger partial charge in [-0.2, -0.15) is 4.37 Å². The van der Waals surface area contributed by atoms with Crippen molar-refractivity contribution >= 4 is 39.0 Å². The van der Waals surface area contributed by atoms with E-state index >= 15 is 0 Å². The summed E-state index contributed by atoms with van der Waals surface area (Å²) in [7, 11) is 0. The molecule has 3 heterocycles. The van der Waals surface area contributed by atoms with Crippen molar-refractivity contribution in [1.29, 1.82) is 0 Å². The molecule has 1 amide bonds. The first-order valence-corrected chi connectivity index (χ1v) is 12.2. The summed E-state index contributed by atoms with van der Waals surface area (Å²) in [5.41, 5.74) is 3.85. The summed E-state index contributed by atoms with van der Waals surface area (Å²) in [5, 5.41) is 1.28. The van der Waals surface area contributed by atoms with Gasteiger partial charge >= 0.3 is 0 Å². The van der Waals surface area contributed by atoms with Crippen LogP contribution in [0.2, 0.25) is 0 Å². The average molecular weight is 435 g/mol. The molecule has 0 N–H and O–H groups in total. The van der Waals surface area contributed by atoms with Crippen molar-refractivity contribution in [3.05, 3.63) is 53.6 Å². The van der Waals surface area contributed by atoms with Gasteiger partial charge in [-0.25, -0.2) is 0 Å². The zero-order valence-electron chi connectivity index (χ0n) is 18.2. The normalized spacial score (nSPS) is 17.6. The molecule has 2 aromatic carbocycles. The van der Waals surface area contributed by atoms with Gasteiger partial charge in [-0.05, 0) is 66.5 Å². The smallest absolute Gasteiger partial charge is 0.223 e. The molecule has 1 saturated heterocycles. The van der Waals surface area contributed by atoms with Crippen LogP contribution in [0.3, 0.4) is 0 Å². The maximum atomic E-state index is 12.0. The third kappa shape index (κ3) is 4.32. The Hall–Kier alpha value is -2.44. The summed E-state index contributed by atoms with van der Waals surface area (Å²) >= 11 is 1.60. The maximum absolute atomic E-state index is 12.0. The molecule has 0 unspecified atom stereocenters. The van der Waals surface area contributed by atoms with Crippen molar-refractivity contribution in [1.82, 2.24) is 9.27 Å². The van der Waals surface area contributed by atoms with Crippen LogP contribution < -0.4 is 9.80 Å². The molecule has 0 atom stereocenters. The second-order valence-electron chi connectivity index (χ2n) is 8.67. The lowest BCUT2D eigenvalue weighted by Crippen LogP contribution is -2.47. The number of hydrogen-bond acceptors (Lipinski definition) is 5. The van der Waals surface area contributed by atoms with E-state index in [1.54, 1.807) is 18.5 Å². The number of carbonyl (C=O) groups excluding carboxylic acids is 1. The minimum Gasteiger partial charge on any atom is -0.353 e. The van der Waals surface area contributed by atoms with Gasteiger partial charge in [0, 0.05) is 57.3 Å². The van der Waals surface area contributed by atoms with E-state index in [1.807, 2.05) is 4.90 Å². The van der Waals surface area contributed by atoms with E-state index in [1.165, 1.54) is 21.2 Å². The third-order valence-electron chi connectivity index (χ3n) is 6.64. The Morgan fingerprint density at radius 1 is 1.03 bits per heavy atom. The van der Waals surface area contributed by atoms with E-state index in [2.05, 4.69) is 52.3 Å². The van der Waals surface area contributed by atoms with Crippen LogP contribution in [0.25, 0.3) is 10.1 Å². The second kappa shape index (κ2) is 8.97. The fourth-order valence-electron chi connectivity index (χ4n) is 4.86. The van der Waals surface area contributed by atoms with Gasteiger partial charge in [0.2, 0.25) is 5.91 Å². The van der Waals surface area contributed by atoms with Gasteiger partial charge in [-0.3, -0.25) is 9.69 Å². The fraction of sp³-hybridized carbons (Fsp3) is 0.440. The topological polar surface area (TPSA) is 39.7 Å². The second-order valence-corrected chi connectivity index (χ2v) is 9.48. The highest BCUT2D eigenvalue weighted by atomic mass is 32.1. The van der Waals surface area contributed by atoms with Crippen molar-refractivity contribution in [3.63, 3.8) is 0 Å². The first-order chi connectivity index (χ1) is 15.2. The first-order valence-electron chi connectivity index (χ1n) is 11.4. The molecule has 2 aliphatic heterocycles. The van der Waals surface area contributed by atoms with Gasteiger partial charge in [-0.15, -0.1) is 0 Å². The number of benzene rings is 2. The zero-order valence-corrected chi connectivity index (χ0v) is 19.0. The van der Waals surface area contributed by atoms with Crippen LogP contribution in [0.5, 0.6) is 0 Å². The van der Waals surface area contributed by atoms with Gasteiger partial charge in [0.05, 0.1) is 4.70 Å². The molecule has 1 aromatic heterocycles. The van der Waals surface area contributed by atoms with Gasteiger partial charge in [0.25, 0.3) is 0 Å². The van der Waals surface area contributed by atoms with E-state index in [9.17, 15) is 4.79 Å². The van der Waals surface area contributed by atoms with Crippen LogP contribution in [0, 0.1) is 0 Å². The fourth-order valence-corrected chi connectivity index (χ4v) is 5.66. The molecule has 5 nitrogen and oxygen atoms in total. The van der Waals surface area contributed by atoms with E-state index in [0.29, 0.717) is 0 Å². The summed E-state index contributed by atoms with van der Waals surface area (Å²) in [4.78, 5) is 19.0. The van der Waals surface area contributed by atoms with E-state index < -0.39 is 0 Å². The number of amides is 1. The predicted octanol–water partition coefficient (Wildman–Crippen LogP) is 4.35. The Bertz CT molecular complexity index is 1070. The van der Waals surface area contributed by atoms with Crippen molar-refractivity contribution in [2.24, 2.45) is 0 Å². The Labute approximate surface area is 188 Å². The summed E-state index contributed by atoms with van der Waals surface area (Å²) in [6.07, 6.45) is 4.38. The van der Waals surface area contributed by atoms with Gasteiger partial charge in [-0.1, -0.05) is 24.3 Å². The minimum absolute atomic E-state index is 0.154. The number of fused-ring (bicyclic) bond motifs is 2. The van der Waals surface area contributed by atoms with Gasteiger partial charge in [0.15, 0.2) is 0 Å². The molecular weight excluding hydrogens is 404 g/mol. The highest BCUT2D eigenvalue weighted by Crippen LogP contribution is 2.30. The highest BCUT2D eigenvalue weighted by molar-refractivity contribution is 7.13. The zero-order chi connectivity index (χ0) is 21.2. The maximum Gasteiger partial charge on any atom is 0.223 e. The quantitative estimate of drug-likeness (QED) is 0.612. The lowest BCUT2D eigenvalue weighted by molar-refractivity contribution is -0.116. The van der Waals surface area contributed by atoms with Crippen LogP contribution in [-0.2, 0) is 17.6 Å². The van der Waals surface area contributed by atoms with Crippen LogP contribution in [0.15, 0.2) is 42.5 Å². The SMILES string of the molecule is CC(=O)N1CCCCc2cc(CCN3CCN(c4nsc5ccccc45)CC3)ccc21. The lowest BCUT2D eigenvalue weighted by atomic mass is 10.0. The summed E-state index contributed by atoms with van der Waals surface area (Å²) in [5.74, 6) is 1.31. The number of nitrogens with zero attached hydrogens (tertiary/aromatic N) is 4. The van der Waals surface area contributed by atoms with Crippen molar-refractivity contribution in [2.75, 3.05) is 49.1 Å². The van der Waals surface area contributed by atoms with E-state index in [0.717, 1.165) is 76.5 Å². The van der Waals surface area contributed by atoms with Crippen molar-refractivity contribution in [3.8, 4) is 0 Å².